The van der Waals surface area contributed by atoms with Crippen molar-refractivity contribution in [3.8, 4) is 0 Å². The SMILES string of the molecule is CCC1=NS(=O)(=O)c2cc(NC(=O)COC)ccc2N1C[C@@H]1CCCO1. The Hall–Kier alpha value is -1.97. The number of methoxy groups -OCH3 is 1. The van der Waals surface area contributed by atoms with Crippen molar-refractivity contribution in [3.63, 3.8) is 0 Å². The Bertz CT molecular complexity index is 816. The summed E-state index contributed by atoms with van der Waals surface area (Å²) >= 11 is 0. The number of nitrogens with one attached hydrogen (secondary N) is 1. The van der Waals surface area contributed by atoms with Gasteiger partial charge in [0.15, 0.2) is 0 Å². The summed E-state index contributed by atoms with van der Waals surface area (Å²) in [6.07, 6.45) is 2.51. The van der Waals surface area contributed by atoms with Crippen LogP contribution in [0.4, 0.5) is 11.4 Å². The fourth-order valence-electron chi connectivity index (χ4n) is 3.18. The van der Waals surface area contributed by atoms with Crippen molar-refractivity contribution in [2.75, 3.05) is 37.1 Å². The lowest BCUT2D eigenvalue weighted by Crippen LogP contribution is -2.40. The minimum atomic E-state index is -3.82. The number of carbonyl (C=O) groups is 1. The predicted octanol–water partition coefficient (Wildman–Crippen LogP) is 1.77. The van der Waals surface area contributed by atoms with Gasteiger partial charge < -0.3 is 19.7 Å². The van der Waals surface area contributed by atoms with E-state index >= 15 is 0 Å². The molecule has 8 nitrogen and oxygen atoms in total. The lowest BCUT2D eigenvalue weighted by molar-refractivity contribution is -0.119. The molecule has 9 heteroatoms. The normalized spacial score (nSPS) is 21.2. The molecule has 2 aliphatic rings. The van der Waals surface area contributed by atoms with E-state index < -0.39 is 10.0 Å². The maximum Gasteiger partial charge on any atom is 0.286 e. The molecule has 26 heavy (non-hydrogen) atoms. The van der Waals surface area contributed by atoms with E-state index in [1.165, 1.54) is 13.2 Å². The van der Waals surface area contributed by atoms with Crippen LogP contribution in [-0.2, 0) is 24.3 Å². The first-order valence-electron chi connectivity index (χ1n) is 8.60. The van der Waals surface area contributed by atoms with E-state index in [-0.39, 0.29) is 23.5 Å². The average molecular weight is 381 g/mol. The first kappa shape index (κ1) is 18.8. The predicted molar refractivity (Wildman–Crippen MR) is 98.2 cm³/mol. The summed E-state index contributed by atoms with van der Waals surface area (Å²) in [7, 11) is -2.40. The zero-order chi connectivity index (χ0) is 18.7. The van der Waals surface area contributed by atoms with Crippen molar-refractivity contribution in [1.82, 2.24) is 0 Å². The van der Waals surface area contributed by atoms with Crippen molar-refractivity contribution in [2.24, 2.45) is 4.40 Å². The van der Waals surface area contributed by atoms with Crippen LogP contribution < -0.4 is 10.2 Å². The zero-order valence-corrected chi connectivity index (χ0v) is 15.7. The summed E-state index contributed by atoms with van der Waals surface area (Å²) in [6.45, 7) is 3.06. The second-order valence-corrected chi connectivity index (χ2v) is 7.82. The van der Waals surface area contributed by atoms with E-state index in [9.17, 15) is 13.2 Å². The highest BCUT2D eigenvalue weighted by molar-refractivity contribution is 7.90. The minimum absolute atomic E-state index is 0.0569. The molecular weight excluding hydrogens is 358 g/mol. The molecule has 0 aliphatic carbocycles. The van der Waals surface area contributed by atoms with E-state index in [0.717, 1.165) is 19.4 Å². The lowest BCUT2D eigenvalue weighted by Gasteiger charge is -2.32. The molecule has 1 amide bonds. The fourth-order valence-corrected chi connectivity index (χ4v) is 4.50. The van der Waals surface area contributed by atoms with E-state index in [1.54, 1.807) is 12.1 Å². The molecule has 1 atom stereocenters. The maximum absolute atomic E-state index is 12.6. The monoisotopic (exact) mass is 381 g/mol. The molecule has 142 valence electrons. The number of benzene rings is 1. The minimum Gasteiger partial charge on any atom is -0.376 e. The molecule has 1 aromatic carbocycles. The molecule has 1 fully saturated rings. The van der Waals surface area contributed by atoms with Gasteiger partial charge in [-0.05, 0) is 31.0 Å². The Morgan fingerprint density at radius 3 is 2.92 bits per heavy atom. The number of amides is 1. The smallest absolute Gasteiger partial charge is 0.286 e. The van der Waals surface area contributed by atoms with Gasteiger partial charge in [-0.2, -0.15) is 8.42 Å². The number of rotatable bonds is 6. The highest BCUT2D eigenvalue weighted by Gasteiger charge is 2.32. The number of anilines is 2. The number of ether oxygens (including phenoxy) is 2. The largest absolute Gasteiger partial charge is 0.376 e. The van der Waals surface area contributed by atoms with Gasteiger partial charge in [0.05, 0.1) is 18.3 Å². The molecule has 0 radical (unpaired) electrons. The molecule has 1 aromatic rings. The van der Waals surface area contributed by atoms with Gasteiger partial charge in [0, 0.05) is 25.8 Å². The number of carbonyl (C=O) groups excluding carboxylic acids is 1. The van der Waals surface area contributed by atoms with Gasteiger partial charge in [-0.25, -0.2) is 0 Å². The number of nitrogens with zero attached hydrogens (tertiary/aromatic N) is 2. The quantitative estimate of drug-likeness (QED) is 0.807. The van der Waals surface area contributed by atoms with Crippen molar-refractivity contribution < 1.29 is 22.7 Å². The molecule has 0 aromatic heterocycles. The molecule has 1 N–H and O–H groups in total. The highest BCUT2D eigenvalue weighted by Crippen LogP contribution is 2.35. The third kappa shape index (κ3) is 3.89. The summed E-state index contributed by atoms with van der Waals surface area (Å²) < 4.78 is 39.7. The molecule has 0 unspecified atom stereocenters. The number of fused-ring (bicyclic) bond motifs is 1. The van der Waals surface area contributed by atoms with E-state index in [4.69, 9.17) is 9.47 Å². The van der Waals surface area contributed by atoms with Crippen LogP contribution in [-0.4, -0.2) is 53.1 Å². The second-order valence-electron chi connectivity index (χ2n) is 6.25. The van der Waals surface area contributed by atoms with Crippen LogP contribution in [0.2, 0.25) is 0 Å². The lowest BCUT2D eigenvalue weighted by atomic mass is 10.2. The van der Waals surface area contributed by atoms with Crippen molar-refractivity contribution >= 4 is 33.1 Å². The topological polar surface area (TPSA) is 97.3 Å². The van der Waals surface area contributed by atoms with E-state index in [2.05, 4.69) is 9.71 Å². The first-order valence-corrected chi connectivity index (χ1v) is 10.0. The summed E-state index contributed by atoms with van der Waals surface area (Å²) in [5.41, 5.74) is 0.957. The Morgan fingerprint density at radius 2 is 2.27 bits per heavy atom. The number of sulfonamides is 1. The zero-order valence-electron chi connectivity index (χ0n) is 14.9. The summed E-state index contributed by atoms with van der Waals surface area (Å²) in [4.78, 5) is 13.7. The average Bonchev–Trinajstić information content (AvgIpc) is 3.10. The molecule has 2 aliphatic heterocycles. The van der Waals surface area contributed by atoms with Crippen LogP contribution in [0.25, 0.3) is 0 Å². The molecule has 3 rings (SSSR count). The molecule has 0 spiro atoms. The molecular formula is C17H23N3O5S. The molecule has 2 heterocycles. The third-order valence-electron chi connectivity index (χ3n) is 4.35. The standard InChI is InChI=1S/C17H23N3O5S/c1-3-16-19-26(22,23)15-9-12(18-17(21)11-24-2)6-7-14(15)20(16)10-13-5-4-8-25-13/h6-7,9,13H,3-5,8,10-11H2,1-2H3,(H,18,21)/t13-/m0/s1. The number of amidine groups is 1. The third-order valence-corrected chi connectivity index (χ3v) is 5.69. The van der Waals surface area contributed by atoms with Crippen molar-refractivity contribution in [2.45, 2.75) is 37.2 Å². The van der Waals surface area contributed by atoms with Crippen LogP contribution in [0, 0.1) is 0 Å². The Morgan fingerprint density at radius 1 is 1.46 bits per heavy atom. The molecule has 0 saturated carbocycles. The second kappa shape index (κ2) is 7.73. The highest BCUT2D eigenvalue weighted by atomic mass is 32.2. The van der Waals surface area contributed by atoms with Gasteiger partial charge >= 0.3 is 0 Å². The molecule has 1 saturated heterocycles. The Balaban J connectivity index is 1.95. The summed E-state index contributed by atoms with van der Waals surface area (Å²) in [5.74, 6) is 0.152. The van der Waals surface area contributed by atoms with Gasteiger partial charge in [-0.1, -0.05) is 6.92 Å². The first-order chi connectivity index (χ1) is 12.4. The van der Waals surface area contributed by atoms with Gasteiger partial charge in [-0.3, -0.25) is 4.79 Å². The van der Waals surface area contributed by atoms with Crippen LogP contribution in [0.3, 0.4) is 0 Å². The van der Waals surface area contributed by atoms with Crippen molar-refractivity contribution in [1.29, 1.82) is 0 Å². The summed E-state index contributed by atoms with van der Waals surface area (Å²) in [6, 6.07) is 4.83. The van der Waals surface area contributed by atoms with E-state index in [0.29, 0.717) is 30.2 Å². The van der Waals surface area contributed by atoms with Gasteiger partial charge in [0.1, 0.15) is 17.3 Å². The van der Waals surface area contributed by atoms with Crippen LogP contribution in [0.5, 0.6) is 0 Å². The van der Waals surface area contributed by atoms with Gasteiger partial charge in [0.25, 0.3) is 10.0 Å². The van der Waals surface area contributed by atoms with Crippen molar-refractivity contribution in [3.05, 3.63) is 18.2 Å². The summed E-state index contributed by atoms with van der Waals surface area (Å²) in [5, 5.41) is 2.62. The van der Waals surface area contributed by atoms with Crippen LogP contribution in [0.15, 0.2) is 27.5 Å². The fraction of sp³-hybridized carbons (Fsp3) is 0.529. The van der Waals surface area contributed by atoms with Gasteiger partial charge in [0.2, 0.25) is 5.91 Å². The number of hydrogen-bond donors (Lipinski definition) is 1. The van der Waals surface area contributed by atoms with Gasteiger partial charge in [-0.15, -0.1) is 4.40 Å². The van der Waals surface area contributed by atoms with Crippen LogP contribution in [0.1, 0.15) is 26.2 Å². The number of hydrogen-bond acceptors (Lipinski definition) is 6. The molecule has 0 bridgehead atoms. The Labute approximate surface area is 153 Å². The maximum atomic E-state index is 12.6. The van der Waals surface area contributed by atoms with Crippen LogP contribution >= 0.6 is 0 Å². The van der Waals surface area contributed by atoms with E-state index in [1.807, 2.05) is 11.8 Å². The Kier molecular flexibility index (Phi) is 5.59.